The van der Waals surface area contributed by atoms with Crippen molar-refractivity contribution in [1.29, 1.82) is 0 Å². The standard InChI is InChI=1S/C21H23N3O2/c1-4-14-26-21-22-19(17-12-10-16(5-2)11-13-17)24(23-21)20(25)18-9-7-6-8-15(18)3/h6-13H,4-5,14H2,1-3H3. The molecule has 5 nitrogen and oxygen atoms in total. The molecule has 5 heteroatoms. The van der Waals surface area contributed by atoms with Crippen molar-refractivity contribution in [2.24, 2.45) is 0 Å². The van der Waals surface area contributed by atoms with Gasteiger partial charge in [-0.25, -0.2) is 0 Å². The Hall–Kier alpha value is -2.95. The first-order valence-electron chi connectivity index (χ1n) is 8.93. The van der Waals surface area contributed by atoms with Gasteiger partial charge in [-0.2, -0.15) is 9.67 Å². The highest BCUT2D eigenvalue weighted by molar-refractivity contribution is 5.98. The van der Waals surface area contributed by atoms with Crippen molar-refractivity contribution in [2.75, 3.05) is 6.61 Å². The Morgan fingerprint density at radius 1 is 1.08 bits per heavy atom. The monoisotopic (exact) mass is 349 g/mol. The average Bonchev–Trinajstić information content (AvgIpc) is 3.10. The zero-order chi connectivity index (χ0) is 18.5. The van der Waals surface area contributed by atoms with E-state index in [1.807, 2.05) is 56.3 Å². The zero-order valence-corrected chi connectivity index (χ0v) is 15.4. The molecule has 0 amide bonds. The van der Waals surface area contributed by atoms with E-state index in [9.17, 15) is 4.79 Å². The molecule has 0 N–H and O–H groups in total. The van der Waals surface area contributed by atoms with E-state index in [1.165, 1.54) is 10.2 Å². The fourth-order valence-corrected chi connectivity index (χ4v) is 2.69. The SMILES string of the molecule is CCCOc1nc(-c2ccc(CC)cc2)n(C(=O)c2ccccc2C)n1. The number of rotatable bonds is 6. The fraction of sp³-hybridized carbons (Fsp3) is 0.286. The second kappa shape index (κ2) is 7.95. The van der Waals surface area contributed by atoms with Gasteiger partial charge in [0.05, 0.1) is 6.61 Å². The predicted octanol–water partition coefficient (Wildman–Crippen LogP) is 4.29. The topological polar surface area (TPSA) is 57.0 Å². The van der Waals surface area contributed by atoms with Crippen LogP contribution in [-0.2, 0) is 6.42 Å². The van der Waals surface area contributed by atoms with Crippen molar-refractivity contribution in [3.63, 3.8) is 0 Å². The Morgan fingerprint density at radius 2 is 1.81 bits per heavy atom. The summed E-state index contributed by atoms with van der Waals surface area (Å²) in [5.41, 5.74) is 3.57. The van der Waals surface area contributed by atoms with Gasteiger partial charge in [0.2, 0.25) is 0 Å². The number of carbonyl (C=O) groups excluding carboxylic acids is 1. The van der Waals surface area contributed by atoms with Crippen LogP contribution < -0.4 is 4.74 Å². The lowest BCUT2D eigenvalue weighted by molar-refractivity contribution is 0.0944. The van der Waals surface area contributed by atoms with Gasteiger partial charge in [0, 0.05) is 11.1 Å². The molecule has 0 saturated heterocycles. The summed E-state index contributed by atoms with van der Waals surface area (Å²) in [6.45, 7) is 6.54. The van der Waals surface area contributed by atoms with Crippen LogP contribution in [-0.4, -0.2) is 27.3 Å². The zero-order valence-electron chi connectivity index (χ0n) is 15.4. The fourth-order valence-electron chi connectivity index (χ4n) is 2.69. The van der Waals surface area contributed by atoms with Crippen molar-refractivity contribution in [2.45, 2.75) is 33.6 Å². The van der Waals surface area contributed by atoms with E-state index in [-0.39, 0.29) is 11.9 Å². The number of aryl methyl sites for hydroxylation is 2. The summed E-state index contributed by atoms with van der Waals surface area (Å²) < 4.78 is 6.91. The van der Waals surface area contributed by atoms with Gasteiger partial charge in [-0.15, -0.1) is 5.10 Å². The van der Waals surface area contributed by atoms with E-state index in [1.54, 1.807) is 6.07 Å². The number of benzene rings is 2. The van der Waals surface area contributed by atoms with Gasteiger partial charge in [-0.1, -0.05) is 56.3 Å². The smallest absolute Gasteiger partial charge is 0.336 e. The molecule has 0 aliphatic rings. The van der Waals surface area contributed by atoms with Crippen LogP contribution in [0.4, 0.5) is 0 Å². The van der Waals surface area contributed by atoms with Crippen LogP contribution >= 0.6 is 0 Å². The number of aromatic nitrogens is 3. The molecule has 0 radical (unpaired) electrons. The number of hydrogen-bond acceptors (Lipinski definition) is 4. The lowest BCUT2D eigenvalue weighted by Gasteiger charge is -2.07. The molecule has 0 bridgehead atoms. The van der Waals surface area contributed by atoms with Crippen LogP contribution in [0, 0.1) is 6.92 Å². The molecule has 0 saturated carbocycles. The highest BCUT2D eigenvalue weighted by atomic mass is 16.5. The van der Waals surface area contributed by atoms with Crippen LogP contribution in [0.3, 0.4) is 0 Å². The first-order chi connectivity index (χ1) is 12.6. The third kappa shape index (κ3) is 3.67. The van der Waals surface area contributed by atoms with Gasteiger partial charge in [-0.05, 0) is 37.0 Å². The summed E-state index contributed by atoms with van der Waals surface area (Å²) in [4.78, 5) is 17.5. The number of nitrogens with zero attached hydrogens (tertiary/aromatic N) is 3. The molecule has 134 valence electrons. The van der Waals surface area contributed by atoms with Crippen LogP contribution in [0.25, 0.3) is 11.4 Å². The summed E-state index contributed by atoms with van der Waals surface area (Å²) in [6.07, 6.45) is 1.81. The normalized spacial score (nSPS) is 10.7. The largest absolute Gasteiger partial charge is 0.462 e. The Bertz CT molecular complexity index is 898. The molecule has 3 aromatic rings. The summed E-state index contributed by atoms with van der Waals surface area (Å²) in [7, 11) is 0. The van der Waals surface area contributed by atoms with Gasteiger partial charge in [0.1, 0.15) is 0 Å². The van der Waals surface area contributed by atoms with Crippen molar-refractivity contribution in [3.8, 4) is 17.4 Å². The van der Waals surface area contributed by atoms with Gasteiger partial charge < -0.3 is 4.74 Å². The minimum Gasteiger partial charge on any atom is -0.462 e. The summed E-state index contributed by atoms with van der Waals surface area (Å²) in [5, 5.41) is 4.32. The Balaban J connectivity index is 2.05. The molecule has 2 aromatic carbocycles. The van der Waals surface area contributed by atoms with Gasteiger partial charge in [0.15, 0.2) is 5.82 Å². The number of ether oxygens (including phenoxy) is 1. The molecule has 0 unspecified atom stereocenters. The van der Waals surface area contributed by atoms with E-state index in [4.69, 9.17) is 4.74 Å². The van der Waals surface area contributed by atoms with Crippen molar-refractivity contribution in [1.82, 2.24) is 14.8 Å². The van der Waals surface area contributed by atoms with E-state index in [0.29, 0.717) is 18.0 Å². The van der Waals surface area contributed by atoms with Crippen molar-refractivity contribution >= 4 is 5.91 Å². The second-order valence-electron chi connectivity index (χ2n) is 6.15. The van der Waals surface area contributed by atoms with E-state index in [2.05, 4.69) is 17.0 Å². The minimum absolute atomic E-state index is 0.212. The number of hydrogen-bond donors (Lipinski definition) is 0. The van der Waals surface area contributed by atoms with Gasteiger partial charge >= 0.3 is 6.01 Å². The van der Waals surface area contributed by atoms with Gasteiger partial charge in [-0.3, -0.25) is 4.79 Å². The first kappa shape index (κ1) is 17.9. The average molecular weight is 349 g/mol. The van der Waals surface area contributed by atoms with Crippen LogP contribution in [0.1, 0.15) is 41.8 Å². The molecule has 0 atom stereocenters. The maximum Gasteiger partial charge on any atom is 0.336 e. The lowest BCUT2D eigenvalue weighted by Crippen LogP contribution is -2.16. The molecule has 1 heterocycles. The van der Waals surface area contributed by atoms with Gasteiger partial charge in [0.25, 0.3) is 5.91 Å². The van der Waals surface area contributed by atoms with Crippen LogP contribution in [0.5, 0.6) is 6.01 Å². The number of carbonyl (C=O) groups is 1. The van der Waals surface area contributed by atoms with Crippen molar-refractivity contribution < 1.29 is 9.53 Å². The summed E-state index contributed by atoms with van der Waals surface area (Å²) >= 11 is 0. The highest BCUT2D eigenvalue weighted by Gasteiger charge is 2.21. The molecule has 3 rings (SSSR count). The maximum absolute atomic E-state index is 13.1. The predicted molar refractivity (Wildman–Crippen MR) is 102 cm³/mol. The molecule has 26 heavy (non-hydrogen) atoms. The minimum atomic E-state index is -0.212. The summed E-state index contributed by atoms with van der Waals surface area (Å²) in [5.74, 6) is 0.281. The molecule has 0 fully saturated rings. The molecular weight excluding hydrogens is 326 g/mol. The Morgan fingerprint density at radius 3 is 2.46 bits per heavy atom. The first-order valence-corrected chi connectivity index (χ1v) is 8.93. The molecule has 1 aromatic heterocycles. The Kier molecular flexibility index (Phi) is 5.46. The van der Waals surface area contributed by atoms with Crippen LogP contribution in [0.2, 0.25) is 0 Å². The quantitative estimate of drug-likeness (QED) is 0.666. The molecule has 0 spiro atoms. The van der Waals surface area contributed by atoms with E-state index in [0.717, 1.165) is 24.0 Å². The van der Waals surface area contributed by atoms with E-state index < -0.39 is 0 Å². The Labute approximate surface area is 153 Å². The highest BCUT2D eigenvalue weighted by Crippen LogP contribution is 2.22. The lowest BCUT2D eigenvalue weighted by atomic mass is 10.1. The molecular formula is C21H23N3O2. The third-order valence-corrected chi connectivity index (χ3v) is 4.21. The molecule has 0 aliphatic heterocycles. The summed E-state index contributed by atoms with van der Waals surface area (Å²) in [6, 6.07) is 15.7. The van der Waals surface area contributed by atoms with Crippen LogP contribution in [0.15, 0.2) is 48.5 Å². The van der Waals surface area contributed by atoms with E-state index >= 15 is 0 Å². The third-order valence-electron chi connectivity index (χ3n) is 4.21. The van der Waals surface area contributed by atoms with Crippen molar-refractivity contribution in [3.05, 3.63) is 65.2 Å². The maximum atomic E-state index is 13.1. The second-order valence-corrected chi connectivity index (χ2v) is 6.15. The molecule has 0 aliphatic carbocycles.